The van der Waals surface area contributed by atoms with Crippen molar-refractivity contribution in [2.45, 2.75) is 56.6 Å². The van der Waals surface area contributed by atoms with Gasteiger partial charge in [-0.3, -0.25) is 9.78 Å². The molecule has 2 N–H and O–H groups in total. The maximum Gasteiger partial charge on any atom is 0.241 e. The Bertz CT molecular complexity index is 926. The number of aryl methyl sites for hydroxylation is 1. The second kappa shape index (κ2) is 8.66. The first-order valence-corrected chi connectivity index (χ1v) is 10.6. The Kier molecular flexibility index (Phi) is 6.25. The second-order valence-corrected chi connectivity index (χ2v) is 8.60. The number of hydrogen-bond acceptors (Lipinski definition) is 6. The third kappa shape index (κ3) is 5.26. The number of nitrogens with zero attached hydrogens (tertiary/aromatic N) is 2. The van der Waals surface area contributed by atoms with Crippen molar-refractivity contribution in [2.75, 3.05) is 5.32 Å². The average molecular weight is 404 g/mol. The molecule has 150 valence electrons. The highest BCUT2D eigenvalue weighted by molar-refractivity contribution is 7.89. The van der Waals surface area contributed by atoms with Crippen molar-refractivity contribution in [3.05, 3.63) is 42.4 Å². The molecule has 0 unspecified atom stereocenters. The molecule has 1 fully saturated rings. The molecule has 2 aromatic rings. The summed E-state index contributed by atoms with van der Waals surface area (Å²) in [7, 11) is -3.64. The van der Waals surface area contributed by atoms with E-state index in [1.807, 2.05) is 0 Å². The molecule has 9 heteroatoms. The molecule has 8 nitrogen and oxygen atoms in total. The van der Waals surface area contributed by atoms with Gasteiger partial charge < -0.3 is 10.1 Å². The van der Waals surface area contributed by atoms with Gasteiger partial charge in [0.2, 0.25) is 21.8 Å². The zero-order valence-corrected chi connectivity index (χ0v) is 16.7. The van der Waals surface area contributed by atoms with E-state index in [9.17, 15) is 13.2 Å². The van der Waals surface area contributed by atoms with Crippen LogP contribution in [0.4, 0.5) is 5.69 Å². The van der Waals surface area contributed by atoms with Crippen molar-refractivity contribution < 1.29 is 17.9 Å². The normalized spacial score (nSPS) is 19.8. The topological polar surface area (TPSA) is 110 Å². The van der Waals surface area contributed by atoms with Crippen molar-refractivity contribution in [1.29, 1.82) is 0 Å². The van der Waals surface area contributed by atoms with Crippen molar-refractivity contribution in [3.63, 3.8) is 0 Å². The van der Waals surface area contributed by atoms with Crippen molar-refractivity contribution in [2.24, 2.45) is 0 Å². The minimum absolute atomic E-state index is 0.0103. The number of nitrogens with one attached hydrogen (secondary N) is 2. The lowest BCUT2D eigenvalue weighted by Crippen LogP contribution is -2.39. The lowest BCUT2D eigenvalue weighted by atomic mass is 9.94. The van der Waals surface area contributed by atoms with Crippen LogP contribution in [0.5, 0.6) is 5.88 Å². The molecule has 1 saturated carbocycles. The van der Waals surface area contributed by atoms with Crippen LogP contribution < -0.4 is 14.8 Å². The van der Waals surface area contributed by atoms with Gasteiger partial charge in [0.25, 0.3) is 0 Å². The molecule has 28 heavy (non-hydrogen) atoms. The van der Waals surface area contributed by atoms with Gasteiger partial charge in [-0.05, 0) is 56.4 Å². The van der Waals surface area contributed by atoms with Gasteiger partial charge in [0.05, 0.1) is 11.1 Å². The van der Waals surface area contributed by atoms with Gasteiger partial charge in [0.15, 0.2) is 0 Å². The molecule has 1 amide bonds. The van der Waals surface area contributed by atoms with E-state index >= 15 is 0 Å². The average Bonchev–Trinajstić information content (AvgIpc) is 2.63. The Morgan fingerprint density at radius 1 is 1.18 bits per heavy atom. The molecule has 1 aliphatic carbocycles. The lowest BCUT2D eigenvalue weighted by molar-refractivity contribution is -0.114. The molecule has 0 radical (unpaired) electrons. The van der Waals surface area contributed by atoms with E-state index in [2.05, 4.69) is 20.0 Å². The molecule has 0 atom stereocenters. The molecule has 0 saturated heterocycles. The zero-order chi connectivity index (χ0) is 20.1. The Hall–Kier alpha value is -2.52. The van der Waals surface area contributed by atoms with Crippen LogP contribution in [-0.4, -0.2) is 36.4 Å². The highest BCUT2D eigenvalue weighted by Gasteiger charge is 2.27. The van der Waals surface area contributed by atoms with E-state index in [4.69, 9.17) is 4.74 Å². The van der Waals surface area contributed by atoms with Crippen molar-refractivity contribution in [1.82, 2.24) is 14.7 Å². The Labute approximate surface area is 164 Å². The highest BCUT2D eigenvalue weighted by Crippen LogP contribution is 2.25. The molecule has 1 heterocycles. The predicted molar refractivity (Wildman–Crippen MR) is 105 cm³/mol. The largest absolute Gasteiger partial charge is 0.473 e. The van der Waals surface area contributed by atoms with Crippen LogP contribution >= 0.6 is 0 Å². The number of ether oxygens (including phenoxy) is 1. The standard InChI is InChI=1S/C19H24N4O4S/c1-13-11-16(22-14(2)24)5-8-18(13)28(25,26)23-15-3-6-17(7-4-15)27-19-12-20-9-10-21-19/h5,8-12,15,17,23H,3-4,6-7H2,1-2H3,(H,22,24). The molecular formula is C19H24N4O4S. The number of hydrogen-bond donors (Lipinski definition) is 2. The van der Waals surface area contributed by atoms with Gasteiger partial charge in [-0.2, -0.15) is 0 Å². The molecule has 0 spiro atoms. The Morgan fingerprint density at radius 2 is 1.93 bits per heavy atom. The van der Waals surface area contributed by atoms with E-state index in [-0.39, 0.29) is 22.9 Å². The summed E-state index contributed by atoms with van der Waals surface area (Å²) < 4.78 is 34.2. The summed E-state index contributed by atoms with van der Waals surface area (Å²) in [5.41, 5.74) is 1.16. The number of aromatic nitrogens is 2. The lowest BCUT2D eigenvalue weighted by Gasteiger charge is -2.29. The molecule has 0 aliphatic heterocycles. The fourth-order valence-electron chi connectivity index (χ4n) is 3.33. The Morgan fingerprint density at radius 3 is 2.54 bits per heavy atom. The first-order chi connectivity index (χ1) is 13.3. The summed E-state index contributed by atoms with van der Waals surface area (Å²) in [6, 6.07) is 4.63. The van der Waals surface area contributed by atoms with Crippen LogP contribution in [-0.2, 0) is 14.8 Å². The molecular weight excluding hydrogens is 380 g/mol. The summed E-state index contributed by atoms with van der Waals surface area (Å²) in [5.74, 6) is 0.287. The van der Waals surface area contributed by atoms with Gasteiger partial charge in [-0.25, -0.2) is 18.1 Å². The van der Waals surface area contributed by atoms with E-state index in [1.165, 1.54) is 13.0 Å². The van der Waals surface area contributed by atoms with Crippen LogP contribution in [0.3, 0.4) is 0 Å². The summed E-state index contributed by atoms with van der Waals surface area (Å²) in [4.78, 5) is 19.5. The van der Waals surface area contributed by atoms with E-state index in [0.717, 1.165) is 12.8 Å². The van der Waals surface area contributed by atoms with Gasteiger partial charge in [0.1, 0.15) is 6.10 Å². The number of rotatable bonds is 6. The molecule has 0 bridgehead atoms. The maximum atomic E-state index is 12.8. The number of carbonyl (C=O) groups excluding carboxylic acids is 1. The van der Waals surface area contributed by atoms with Gasteiger partial charge in [-0.15, -0.1) is 0 Å². The summed E-state index contributed by atoms with van der Waals surface area (Å²) in [6.07, 6.45) is 7.60. The van der Waals surface area contributed by atoms with Gasteiger partial charge in [0, 0.05) is 31.0 Å². The fourth-order valence-corrected chi connectivity index (χ4v) is 4.86. The van der Waals surface area contributed by atoms with Crippen molar-refractivity contribution >= 4 is 21.6 Å². The SMILES string of the molecule is CC(=O)Nc1ccc(S(=O)(=O)NC2CCC(Oc3cnccn3)CC2)c(C)c1. The van der Waals surface area contributed by atoms with Crippen LogP contribution in [0.25, 0.3) is 0 Å². The first kappa shape index (κ1) is 20.2. The molecule has 1 aromatic carbocycles. The Balaban J connectivity index is 1.58. The maximum absolute atomic E-state index is 12.8. The predicted octanol–water partition coefficient (Wildman–Crippen LogP) is 2.41. The smallest absolute Gasteiger partial charge is 0.241 e. The van der Waals surface area contributed by atoms with Crippen LogP contribution in [0, 0.1) is 6.92 Å². The minimum atomic E-state index is -3.64. The van der Waals surface area contributed by atoms with Gasteiger partial charge >= 0.3 is 0 Å². The number of amides is 1. The quantitative estimate of drug-likeness (QED) is 0.765. The van der Waals surface area contributed by atoms with E-state index in [1.54, 1.807) is 37.6 Å². The summed E-state index contributed by atoms with van der Waals surface area (Å²) in [5, 5.41) is 2.65. The summed E-state index contributed by atoms with van der Waals surface area (Å²) >= 11 is 0. The molecule has 1 aliphatic rings. The number of benzene rings is 1. The van der Waals surface area contributed by atoms with Crippen LogP contribution in [0.15, 0.2) is 41.7 Å². The molecule has 3 rings (SSSR count). The third-order valence-corrected chi connectivity index (χ3v) is 6.29. The summed E-state index contributed by atoms with van der Waals surface area (Å²) in [6.45, 7) is 3.12. The van der Waals surface area contributed by atoms with Crippen LogP contribution in [0.1, 0.15) is 38.2 Å². The van der Waals surface area contributed by atoms with E-state index in [0.29, 0.717) is 30.0 Å². The van der Waals surface area contributed by atoms with Crippen molar-refractivity contribution in [3.8, 4) is 5.88 Å². The van der Waals surface area contributed by atoms with Gasteiger partial charge in [-0.1, -0.05) is 0 Å². The zero-order valence-electron chi connectivity index (χ0n) is 15.9. The van der Waals surface area contributed by atoms with Crippen LogP contribution in [0.2, 0.25) is 0 Å². The number of carbonyl (C=O) groups is 1. The number of anilines is 1. The highest BCUT2D eigenvalue weighted by atomic mass is 32.2. The molecule has 1 aromatic heterocycles. The number of sulfonamides is 1. The monoisotopic (exact) mass is 404 g/mol. The third-order valence-electron chi connectivity index (χ3n) is 4.61. The fraction of sp³-hybridized carbons (Fsp3) is 0.421. The second-order valence-electron chi connectivity index (χ2n) is 6.92. The first-order valence-electron chi connectivity index (χ1n) is 9.17. The van der Waals surface area contributed by atoms with E-state index < -0.39 is 10.0 Å². The minimum Gasteiger partial charge on any atom is -0.473 e.